The molecule has 1 unspecified atom stereocenters. The van der Waals surface area contributed by atoms with Gasteiger partial charge in [0.05, 0.1) is 0 Å². The summed E-state index contributed by atoms with van der Waals surface area (Å²) >= 11 is 7.19. The molecule has 0 saturated heterocycles. The number of rotatable bonds is 2. The molecule has 0 aromatic carbocycles. The van der Waals surface area contributed by atoms with E-state index in [4.69, 9.17) is 10.2 Å². The number of hydrogen-bond acceptors (Lipinski definition) is 8. The van der Waals surface area contributed by atoms with Crippen molar-refractivity contribution in [2.75, 3.05) is 0 Å². The van der Waals surface area contributed by atoms with Gasteiger partial charge in [-0.1, -0.05) is 0 Å². The molecule has 13 heavy (non-hydrogen) atoms. The molecule has 0 spiro atoms. The van der Waals surface area contributed by atoms with E-state index >= 15 is 0 Å². The molecule has 9 heteroatoms. The minimum absolute atomic E-state index is 0. The predicted octanol–water partition coefficient (Wildman–Crippen LogP) is -1.36. The normalized spacial score (nSPS) is 10.8. The average Bonchev–Trinajstić information content (AvgIpc) is 1.98. The number of hydrogen-bond donors (Lipinski definition) is 3. The van der Waals surface area contributed by atoms with Crippen LogP contribution in [-0.4, -0.2) is 27.6 Å². The van der Waals surface area contributed by atoms with Crippen LogP contribution in [0.25, 0.3) is 0 Å². The summed E-state index contributed by atoms with van der Waals surface area (Å²) in [5, 5.41) is 16.6. The van der Waals surface area contributed by atoms with Gasteiger partial charge in [-0.25, -0.2) is 9.68 Å². The van der Waals surface area contributed by atoms with Crippen LogP contribution < -0.4 is 0 Å². The maximum absolute atomic E-state index is 10.3. The maximum atomic E-state index is 10.3. The molecule has 1 atom stereocenters. The standard InChI is InChI=1S/C4H4O6S2.Fe/c5-1(3(7)11)9-10-2(6)4(8)12;/h3,7-8,11H;/q-2;+2. The summed E-state index contributed by atoms with van der Waals surface area (Å²) in [5.74, 6) is -2.68. The van der Waals surface area contributed by atoms with Crippen molar-refractivity contribution in [1.29, 1.82) is 0 Å². The van der Waals surface area contributed by atoms with E-state index in [1.165, 1.54) is 0 Å². The van der Waals surface area contributed by atoms with Gasteiger partial charge in [-0.05, 0) is 0 Å². The monoisotopic (exact) mass is 268 g/mol. The largest absolute Gasteiger partial charge is 2.00 e. The number of thiol groups is 1. The van der Waals surface area contributed by atoms with Gasteiger partial charge in [-0.15, -0.1) is 12.6 Å². The fraction of sp³-hybridized carbons (Fsp3) is 0.250. The van der Waals surface area contributed by atoms with Gasteiger partial charge in [0.25, 0.3) is 0 Å². The summed E-state index contributed by atoms with van der Waals surface area (Å²) < 4.78 is 0. The van der Waals surface area contributed by atoms with E-state index in [0.717, 1.165) is 0 Å². The van der Waals surface area contributed by atoms with Crippen LogP contribution in [0.4, 0.5) is 0 Å². The third-order valence-electron chi connectivity index (χ3n) is 0.585. The van der Waals surface area contributed by atoms with Crippen molar-refractivity contribution in [2.24, 2.45) is 0 Å². The van der Waals surface area contributed by atoms with E-state index in [1.54, 1.807) is 0 Å². The zero-order valence-corrected chi connectivity index (χ0v) is 8.63. The van der Waals surface area contributed by atoms with E-state index in [9.17, 15) is 9.59 Å². The van der Waals surface area contributed by atoms with Crippen molar-refractivity contribution in [3.8, 4) is 0 Å². The Bertz CT molecular complexity index is 163. The molecular formula is C4H4FeO6S2. The summed E-state index contributed by atoms with van der Waals surface area (Å²) in [6.45, 7) is 0. The van der Waals surface area contributed by atoms with Crippen LogP contribution in [0.15, 0.2) is 0 Å². The van der Waals surface area contributed by atoms with Crippen molar-refractivity contribution in [1.82, 2.24) is 0 Å². The van der Waals surface area contributed by atoms with Crippen molar-refractivity contribution in [3.05, 3.63) is 5.44 Å². The van der Waals surface area contributed by atoms with Gasteiger partial charge in [0.2, 0.25) is 5.97 Å². The fourth-order valence-electron chi connectivity index (χ4n) is 0.158. The number of aliphatic hydroxyl groups excluding tert-OH is 2. The molecular weight excluding hydrogens is 264 g/mol. The Labute approximate surface area is 94.8 Å². The van der Waals surface area contributed by atoms with Gasteiger partial charge in [-0.3, -0.25) is 9.68 Å². The molecule has 0 bridgehead atoms. The van der Waals surface area contributed by atoms with Gasteiger partial charge in [0.1, 0.15) is 0 Å². The van der Waals surface area contributed by atoms with Gasteiger partial charge < -0.3 is 28.3 Å². The summed E-state index contributed by atoms with van der Waals surface area (Å²) in [4.78, 5) is 27.9. The molecule has 0 heterocycles. The summed E-state index contributed by atoms with van der Waals surface area (Å²) in [7, 11) is 0. The molecule has 0 aliphatic rings. The zero-order valence-electron chi connectivity index (χ0n) is 5.81. The topological polar surface area (TPSA) is 93.1 Å². The molecule has 0 rings (SSSR count). The van der Waals surface area contributed by atoms with Crippen molar-refractivity contribution in [2.45, 2.75) is 5.44 Å². The van der Waals surface area contributed by atoms with E-state index in [2.05, 4.69) is 35.0 Å². The Kier molecular flexibility index (Phi) is 8.73. The second-order valence-corrected chi connectivity index (χ2v) is 2.33. The Balaban J connectivity index is 0. The molecule has 0 aromatic rings. The number of carbonyl (C=O) groups is 2. The molecule has 0 aromatic heterocycles. The van der Waals surface area contributed by atoms with Gasteiger partial charge >= 0.3 is 23.0 Å². The van der Waals surface area contributed by atoms with E-state index in [-0.39, 0.29) is 17.1 Å². The van der Waals surface area contributed by atoms with Gasteiger partial charge in [-0.2, -0.15) is 0 Å². The predicted molar refractivity (Wildman–Crippen MR) is 39.7 cm³/mol. The first-order chi connectivity index (χ1) is 5.45. The SMILES string of the molecule is O=C(OOC(=O)C(O)S)[C-](O)[S-].[Fe+2]. The third kappa shape index (κ3) is 7.05. The van der Waals surface area contributed by atoms with Crippen molar-refractivity contribution < 1.29 is 46.6 Å². The van der Waals surface area contributed by atoms with Crippen molar-refractivity contribution >= 4 is 37.2 Å². The van der Waals surface area contributed by atoms with Crippen LogP contribution in [0.5, 0.6) is 0 Å². The first kappa shape index (κ1) is 15.4. The molecule has 0 amide bonds. The molecule has 76 valence electrons. The van der Waals surface area contributed by atoms with E-state index < -0.39 is 22.8 Å². The Morgan fingerprint density at radius 2 is 1.92 bits per heavy atom. The number of aliphatic hydroxyl groups is 2. The third-order valence-corrected chi connectivity index (χ3v) is 0.962. The van der Waals surface area contributed by atoms with Crippen LogP contribution in [0.3, 0.4) is 0 Å². The summed E-state index contributed by atoms with van der Waals surface area (Å²) in [6.07, 6.45) is 0. The molecule has 6 nitrogen and oxygen atoms in total. The van der Waals surface area contributed by atoms with Crippen LogP contribution in [0.2, 0.25) is 0 Å². The molecule has 0 fully saturated rings. The van der Waals surface area contributed by atoms with Crippen molar-refractivity contribution in [3.63, 3.8) is 0 Å². The van der Waals surface area contributed by atoms with Gasteiger partial charge in [0.15, 0.2) is 5.44 Å². The Morgan fingerprint density at radius 1 is 1.46 bits per heavy atom. The van der Waals surface area contributed by atoms with Crippen LogP contribution >= 0.6 is 12.6 Å². The first-order valence-electron chi connectivity index (χ1n) is 2.47. The summed E-state index contributed by atoms with van der Waals surface area (Å²) in [5.41, 5.74) is -2.80. The molecule has 0 radical (unpaired) electrons. The Morgan fingerprint density at radius 3 is 2.23 bits per heavy atom. The minimum Gasteiger partial charge on any atom is -0.960 e. The maximum Gasteiger partial charge on any atom is 2.00 e. The van der Waals surface area contributed by atoms with Crippen LogP contribution in [-0.2, 0) is 49.1 Å². The quantitative estimate of drug-likeness (QED) is 0.108. The molecule has 0 aliphatic heterocycles. The molecule has 0 saturated carbocycles. The second kappa shape index (κ2) is 7.36. The van der Waals surface area contributed by atoms with Crippen LogP contribution in [0.1, 0.15) is 0 Å². The van der Waals surface area contributed by atoms with E-state index in [1.807, 2.05) is 0 Å². The molecule has 0 aliphatic carbocycles. The fourth-order valence-corrected chi connectivity index (χ4v) is 0.235. The first-order valence-corrected chi connectivity index (χ1v) is 3.39. The van der Waals surface area contributed by atoms with E-state index in [0.29, 0.717) is 0 Å². The smallest absolute Gasteiger partial charge is 0.960 e. The van der Waals surface area contributed by atoms with Gasteiger partial charge in [0, 0.05) is 0 Å². The average molecular weight is 268 g/mol. The minimum atomic E-state index is -1.72. The van der Waals surface area contributed by atoms with Crippen LogP contribution in [0, 0.1) is 5.44 Å². The number of carbonyl (C=O) groups excluding carboxylic acids is 2. The Hall–Kier alpha value is -0.0505. The molecule has 2 N–H and O–H groups in total. The zero-order chi connectivity index (χ0) is 9.72. The second-order valence-electron chi connectivity index (χ2n) is 1.45. The summed E-state index contributed by atoms with van der Waals surface area (Å²) in [6, 6.07) is 0.